The van der Waals surface area contributed by atoms with Gasteiger partial charge in [0.05, 0.1) is 11.6 Å². The summed E-state index contributed by atoms with van der Waals surface area (Å²) in [5.74, 6) is -0.254. The number of allylic oxidation sites excluding steroid dienone is 1. The van der Waals surface area contributed by atoms with Gasteiger partial charge in [-0.3, -0.25) is 14.2 Å². The molecular weight excluding hydrogens is 471 g/mol. The largest absolute Gasteiger partial charge is 0.374 e. The third-order valence-electron chi connectivity index (χ3n) is 7.07. The number of hydrogen-bond donors (Lipinski definition) is 1. The van der Waals surface area contributed by atoms with Crippen LogP contribution >= 0.6 is 0 Å². The number of hydrogen-bond acceptors (Lipinski definition) is 6. The molecule has 2 aromatic heterocycles. The molecule has 3 aromatic rings. The number of rotatable bonds is 7. The van der Waals surface area contributed by atoms with E-state index in [1.165, 1.54) is 12.1 Å². The monoisotopic (exact) mass is 506 g/mol. The molecule has 1 aliphatic heterocycles. The molecule has 0 unspecified atom stereocenters. The van der Waals surface area contributed by atoms with Crippen LogP contribution in [-0.4, -0.2) is 56.4 Å². The minimum Gasteiger partial charge on any atom is -0.374 e. The molecule has 0 saturated carbocycles. The number of pyridine rings is 1. The Morgan fingerprint density at radius 1 is 1.08 bits per heavy atom. The maximum atomic E-state index is 15.1. The van der Waals surface area contributed by atoms with Gasteiger partial charge in [-0.05, 0) is 56.7 Å². The standard InChI is InChI=1S/C28H35FN6O2/c1-6-11-33-12-14-34(15-13-33)27(37)23-9-7-21(16-24(23)29)19(4)31-28-30-17-22-8-10-25(36)35(26(22)32-28)20(5)18(2)3/h6-11,16-20H,12-15H2,1-5H3,(H,30,31,32)/t19-,20-/m0/s1. The van der Waals surface area contributed by atoms with Gasteiger partial charge in [0.1, 0.15) is 11.5 Å². The second kappa shape index (κ2) is 11.1. The van der Waals surface area contributed by atoms with Gasteiger partial charge in [-0.25, -0.2) is 9.37 Å². The van der Waals surface area contributed by atoms with Crippen LogP contribution in [0.15, 0.2) is 53.6 Å². The van der Waals surface area contributed by atoms with Crippen molar-refractivity contribution < 1.29 is 9.18 Å². The van der Waals surface area contributed by atoms with Crippen molar-refractivity contribution in [2.24, 2.45) is 5.92 Å². The summed E-state index contributed by atoms with van der Waals surface area (Å²) in [4.78, 5) is 38.4. The normalized spacial score (nSPS) is 16.0. The molecule has 37 heavy (non-hydrogen) atoms. The number of anilines is 1. The van der Waals surface area contributed by atoms with Crippen LogP contribution in [0.2, 0.25) is 0 Å². The Bertz CT molecular complexity index is 1360. The van der Waals surface area contributed by atoms with Gasteiger partial charge in [0.2, 0.25) is 5.95 Å². The number of aromatic nitrogens is 3. The number of benzene rings is 1. The fourth-order valence-corrected chi connectivity index (χ4v) is 4.51. The number of carbonyl (C=O) groups is 1. The second-order valence-electron chi connectivity index (χ2n) is 9.91. The Balaban J connectivity index is 1.51. The second-order valence-corrected chi connectivity index (χ2v) is 9.91. The van der Waals surface area contributed by atoms with Gasteiger partial charge in [0.15, 0.2) is 0 Å². The van der Waals surface area contributed by atoms with Crippen LogP contribution in [0.1, 0.15) is 62.6 Å². The number of nitrogens with one attached hydrogen (secondary N) is 1. The van der Waals surface area contributed by atoms with E-state index in [-0.39, 0.29) is 35.0 Å². The van der Waals surface area contributed by atoms with Crippen molar-refractivity contribution in [2.45, 2.75) is 46.7 Å². The first-order chi connectivity index (χ1) is 17.7. The number of amides is 1. The van der Waals surface area contributed by atoms with Crippen LogP contribution in [-0.2, 0) is 0 Å². The summed E-state index contributed by atoms with van der Waals surface area (Å²) in [7, 11) is 0. The molecule has 1 saturated heterocycles. The molecule has 1 aliphatic rings. The van der Waals surface area contributed by atoms with Crippen LogP contribution in [0.3, 0.4) is 0 Å². The summed E-state index contributed by atoms with van der Waals surface area (Å²) in [6.07, 6.45) is 5.66. The molecule has 0 spiro atoms. The van der Waals surface area contributed by atoms with Crippen LogP contribution in [0, 0.1) is 11.7 Å². The van der Waals surface area contributed by atoms with Gasteiger partial charge in [0, 0.05) is 49.9 Å². The molecule has 1 N–H and O–H groups in total. The molecule has 1 fully saturated rings. The number of piperazine rings is 1. The fourth-order valence-electron chi connectivity index (χ4n) is 4.51. The van der Waals surface area contributed by atoms with Gasteiger partial charge in [-0.15, -0.1) is 0 Å². The zero-order chi connectivity index (χ0) is 26.7. The van der Waals surface area contributed by atoms with Crippen molar-refractivity contribution in [3.05, 3.63) is 76.1 Å². The molecule has 1 aromatic carbocycles. The lowest BCUT2D eigenvalue weighted by molar-refractivity contribution is 0.0674. The van der Waals surface area contributed by atoms with E-state index < -0.39 is 5.82 Å². The third-order valence-corrected chi connectivity index (χ3v) is 7.07. The predicted molar refractivity (Wildman–Crippen MR) is 144 cm³/mol. The quantitative estimate of drug-likeness (QED) is 0.504. The maximum Gasteiger partial charge on any atom is 0.256 e. The summed E-state index contributed by atoms with van der Waals surface area (Å²) >= 11 is 0. The first-order valence-electron chi connectivity index (χ1n) is 12.8. The molecule has 196 valence electrons. The van der Waals surface area contributed by atoms with Crippen molar-refractivity contribution in [1.29, 1.82) is 0 Å². The molecule has 0 bridgehead atoms. The van der Waals surface area contributed by atoms with Crippen LogP contribution in [0.4, 0.5) is 10.3 Å². The first kappa shape index (κ1) is 26.3. The van der Waals surface area contributed by atoms with Gasteiger partial charge in [0.25, 0.3) is 11.5 Å². The molecule has 9 heteroatoms. The molecule has 8 nitrogen and oxygen atoms in total. The maximum absolute atomic E-state index is 15.1. The summed E-state index contributed by atoms with van der Waals surface area (Å²) in [5, 5.41) is 3.98. The fraction of sp³-hybridized carbons (Fsp3) is 0.429. The molecule has 2 atom stereocenters. The average molecular weight is 507 g/mol. The van der Waals surface area contributed by atoms with E-state index in [1.807, 2.05) is 33.0 Å². The summed E-state index contributed by atoms with van der Waals surface area (Å²) in [6.45, 7) is 12.5. The Hall–Kier alpha value is -3.75. The van der Waals surface area contributed by atoms with Gasteiger partial charge >= 0.3 is 0 Å². The van der Waals surface area contributed by atoms with Crippen molar-refractivity contribution in [3.63, 3.8) is 0 Å². The van der Waals surface area contributed by atoms with Crippen LogP contribution in [0.5, 0.6) is 0 Å². The van der Waals surface area contributed by atoms with Crippen molar-refractivity contribution in [2.75, 3.05) is 31.5 Å². The zero-order valence-corrected chi connectivity index (χ0v) is 22.1. The lowest BCUT2D eigenvalue weighted by Crippen LogP contribution is -2.47. The summed E-state index contributed by atoms with van der Waals surface area (Å²) in [6, 6.07) is 7.58. The highest BCUT2D eigenvalue weighted by atomic mass is 19.1. The van der Waals surface area contributed by atoms with E-state index in [0.29, 0.717) is 30.2 Å². The number of nitrogens with zero attached hydrogens (tertiary/aromatic N) is 5. The highest BCUT2D eigenvalue weighted by Gasteiger charge is 2.24. The average Bonchev–Trinajstić information content (AvgIpc) is 2.88. The Morgan fingerprint density at radius 3 is 2.46 bits per heavy atom. The Labute approximate surface area is 216 Å². The zero-order valence-electron chi connectivity index (χ0n) is 22.1. The lowest BCUT2D eigenvalue weighted by atomic mass is 10.0. The van der Waals surface area contributed by atoms with Crippen molar-refractivity contribution >= 4 is 22.9 Å². The van der Waals surface area contributed by atoms with Crippen LogP contribution in [0.25, 0.3) is 11.0 Å². The lowest BCUT2D eigenvalue weighted by Gasteiger charge is -2.34. The van der Waals surface area contributed by atoms with Crippen molar-refractivity contribution in [3.8, 4) is 0 Å². The Kier molecular flexibility index (Phi) is 7.90. The minimum atomic E-state index is -0.550. The third kappa shape index (κ3) is 5.65. The van der Waals surface area contributed by atoms with E-state index in [9.17, 15) is 9.59 Å². The number of halogens is 1. The SMILES string of the molecule is CC=CN1CCN(C(=O)c2ccc([C@H](C)Nc3ncc4ccc(=O)n([C@@H](C)C(C)C)c4n3)cc2F)CC1. The van der Waals surface area contributed by atoms with E-state index in [0.717, 1.165) is 18.5 Å². The summed E-state index contributed by atoms with van der Waals surface area (Å²) in [5.41, 5.74) is 1.18. The molecule has 0 aliphatic carbocycles. The Morgan fingerprint density at radius 2 is 1.81 bits per heavy atom. The van der Waals surface area contributed by atoms with E-state index in [4.69, 9.17) is 0 Å². The number of carbonyl (C=O) groups excluding carboxylic acids is 1. The minimum absolute atomic E-state index is 0.0402. The van der Waals surface area contributed by atoms with E-state index in [1.54, 1.807) is 33.9 Å². The smallest absolute Gasteiger partial charge is 0.256 e. The summed E-state index contributed by atoms with van der Waals surface area (Å²) < 4.78 is 16.7. The predicted octanol–water partition coefficient (Wildman–Crippen LogP) is 4.61. The molecule has 0 radical (unpaired) electrons. The number of fused-ring (bicyclic) bond motifs is 1. The highest BCUT2D eigenvalue weighted by Crippen LogP contribution is 2.24. The molecule has 4 rings (SSSR count). The molecule has 1 amide bonds. The molecular formula is C28H35FN6O2. The topological polar surface area (TPSA) is 83.4 Å². The van der Waals surface area contributed by atoms with Gasteiger partial charge < -0.3 is 15.1 Å². The first-order valence-corrected chi connectivity index (χ1v) is 12.8. The molecule has 3 heterocycles. The van der Waals surface area contributed by atoms with Crippen LogP contribution < -0.4 is 10.9 Å². The van der Waals surface area contributed by atoms with Gasteiger partial charge in [-0.2, -0.15) is 4.98 Å². The van der Waals surface area contributed by atoms with E-state index in [2.05, 4.69) is 34.0 Å². The van der Waals surface area contributed by atoms with Crippen molar-refractivity contribution in [1.82, 2.24) is 24.3 Å². The highest BCUT2D eigenvalue weighted by molar-refractivity contribution is 5.94. The van der Waals surface area contributed by atoms with E-state index >= 15 is 4.39 Å². The van der Waals surface area contributed by atoms with Gasteiger partial charge in [-0.1, -0.05) is 26.0 Å².